The van der Waals surface area contributed by atoms with Crippen LogP contribution in [0.2, 0.25) is 0 Å². The van der Waals surface area contributed by atoms with E-state index in [1.807, 2.05) is 0 Å². The first-order chi connectivity index (χ1) is 14.3. The molecule has 31 heavy (non-hydrogen) atoms. The number of nitrogens with one attached hydrogen (secondary N) is 1. The van der Waals surface area contributed by atoms with Gasteiger partial charge >= 0.3 is 0 Å². The van der Waals surface area contributed by atoms with Gasteiger partial charge < -0.3 is 10.2 Å². The average molecular weight is 507 g/mol. The molecule has 0 spiro atoms. The lowest BCUT2D eigenvalue weighted by Crippen LogP contribution is -2.43. The first-order valence-electron chi connectivity index (χ1n) is 8.68. The molecule has 0 atom stereocenters. The number of nitrogens with zero attached hydrogens (tertiary/aromatic N) is 2. The summed E-state index contributed by atoms with van der Waals surface area (Å²) in [6, 6.07) is 19.0. The SMILES string of the molecule is Cl.O=C(N/N=C/c1cc([N+](=O)[O-])cc(Br)c1O)C(O)(c1ccccc1)c1ccccc1. The zero-order valence-corrected chi connectivity index (χ0v) is 18.2. The Bertz CT molecular complexity index is 1070. The summed E-state index contributed by atoms with van der Waals surface area (Å²) in [5.41, 5.74) is 0.648. The van der Waals surface area contributed by atoms with E-state index >= 15 is 0 Å². The second kappa shape index (κ2) is 10.2. The van der Waals surface area contributed by atoms with Gasteiger partial charge in [0.2, 0.25) is 0 Å². The normalized spacial score (nSPS) is 11.0. The van der Waals surface area contributed by atoms with Crippen LogP contribution < -0.4 is 5.43 Å². The van der Waals surface area contributed by atoms with Gasteiger partial charge in [-0.05, 0) is 27.1 Å². The maximum atomic E-state index is 12.9. The van der Waals surface area contributed by atoms with Crippen LogP contribution in [0.1, 0.15) is 16.7 Å². The lowest BCUT2D eigenvalue weighted by Gasteiger charge is -2.27. The summed E-state index contributed by atoms with van der Waals surface area (Å²) in [4.78, 5) is 23.3. The number of non-ortho nitro benzene ring substituents is 1. The highest BCUT2D eigenvalue weighted by Crippen LogP contribution is 2.32. The Morgan fingerprint density at radius 1 is 1.06 bits per heavy atom. The molecule has 0 fully saturated rings. The first kappa shape index (κ1) is 24.0. The number of aromatic hydroxyl groups is 1. The van der Waals surface area contributed by atoms with E-state index in [0.717, 1.165) is 18.3 Å². The third-order valence-corrected chi connectivity index (χ3v) is 4.97. The molecule has 1 amide bonds. The van der Waals surface area contributed by atoms with Crippen LogP contribution in [-0.2, 0) is 10.4 Å². The number of hydrazone groups is 1. The molecule has 0 aliphatic carbocycles. The first-order valence-corrected chi connectivity index (χ1v) is 9.47. The van der Waals surface area contributed by atoms with Crippen LogP contribution >= 0.6 is 28.3 Å². The molecule has 160 valence electrons. The fourth-order valence-corrected chi connectivity index (χ4v) is 3.30. The van der Waals surface area contributed by atoms with E-state index in [-0.39, 0.29) is 33.9 Å². The maximum absolute atomic E-state index is 12.9. The number of hydrogen-bond acceptors (Lipinski definition) is 6. The molecule has 10 heteroatoms. The number of phenols is 1. The number of aliphatic hydroxyl groups is 1. The van der Waals surface area contributed by atoms with Gasteiger partial charge in [0.1, 0.15) is 5.75 Å². The smallest absolute Gasteiger partial charge is 0.281 e. The van der Waals surface area contributed by atoms with Gasteiger partial charge in [0, 0.05) is 17.7 Å². The Morgan fingerprint density at radius 3 is 2.06 bits per heavy atom. The lowest BCUT2D eigenvalue weighted by molar-refractivity contribution is -0.385. The molecule has 3 aromatic carbocycles. The molecule has 3 N–H and O–H groups in total. The molecule has 0 aliphatic rings. The number of phenolic OH excluding ortho intramolecular Hbond substituents is 1. The zero-order chi connectivity index (χ0) is 21.7. The molecule has 0 aliphatic heterocycles. The molecule has 3 aromatic rings. The van der Waals surface area contributed by atoms with Gasteiger partial charge in [-0.25, -0.2) is 5.43 Å². The minimum atomic E-state index is -2.02. The van der Waals surface area contributed by atoms with E-state index in [2.05, 4.69) is 26.5 Å². The Kier molecular flexibility index (Phi) is 7.87. The molecular weight excluding hydrogens is 490 g/mol. The summed E-state index contributed by atoms with van der Waals surface area (Å²) in [5.74, 6) is -1.11. The number of benzene rings is 3. The van der Waals surface area contributed by atoms with Crippen molar-refractivity contribution in [2.24, 2.45) is 5.10 Å². The van der Waals surface area contributed by atoms with Gasteiger partial charge in [0.25, 0.3) is 11.6 Å². The number of amides is 1. The molecule has 0 saturated heterocycles. The van der Waals surface area contributed by atoms with E-state index in [1.54, 1.807) is 60.7 Å². The summed E-state index contributed by atoms with van der Waals surface area (Å²) in [6.45, 7) is 0. The van der Waals surface area contributed by atoms with Crippen molar-refractivity contribution in [3.63, 3.8) is 0 Å². The molecular formula is C21H17BrClN3O5. The molecule has 0 aromatic heterocycles. The summed E-state index contributed by atoms with van der Waals surface area (Å²) in [5, 5.41) is 36.1. The highest BCUT2D eigenvalue weighted by molar-refractivity contribution is 9.10. The summed E-state index contributed by atoms with van der Waals surface area (Å²) in [7, 11) is 0. The number of nitro benzene ring substituents is 1. The highest BCUT2D eigenvalue weighted by atomic mass is 79.9. The van der Waals surface area contributed by atoms with Gasteiger partial charge in [0.05, 0.1) is 15.6 Å². The second-order valence-electron chi connectivity index (χ2n) is 6.26. The Balaban J connectivity index is 0.00000341. The van der Waals surface area contributed by atoms with Gasteiger partial charge in [-0.15, -0.1) is 12.4 Å². The van der Waals surface area contributed by atoms with E-state index < -0.39 is 16.4 Å². The van der Waals surface area contributed by atoms with Crippen LogP contribution in [0.15, 0.2) is 82.4 Å². The van der Waals surface area contributed by atoms with E-state index in [4.69, 9.17) is 0 Å². The topological polar surface area (TPSA) is 125 Å². The van der Waals surface area contributed by atoms with E-state index in [1.165, 1.54) is 0 Å². The van der Waals surface area contributed by atoms with Crippen molar-refractivity contribution in [3.05, 3.63) is 104 Å². The van der Waals surface area contributed by atoms with Crippen molar-refractivity contribution < 1.29 is 19.9 Å². The Morgan fingerprint density at radius 2 is 1.58 bits per heavy atom. The number of rotatable bonds is 6. The fourth-order valence-electron chi connectivity index (χ4n) is 2.84. The van der Waals surface area contributed by atoms with Gasteiger partial charge in [-0.3, -0.25) is 14.9 Å². The van der Waals surface area contributed by atoms with Crippen molar-refractivity contribution in [1.29, 1.82) is 0 Å². The predicted octanol–water partition coefficient (Wildman–Crippen LogP) is 3.87. The van der Waals surface area contributed by atoms with Crippen molar-refractivity contribution in [2.75, 3.05) is 0 Å². The van der Waals surface area contributed by atoms with Gasteiger partial charge in [-0.1, -0.05) is 60.7 Å². The summed E-state index contributed by atoms with van der Waals surface area (Å²) < 4.78 is 0.106. The van der Waals surface area contributed by atoms with Crippen LogP contribution in [0, 0.1) is 10.1 Å². The number of carbonyl (C=O) groups excluding carboxylic acids is 1. The largest absolute Gasteiger partial charge is 0.506 e. The Labute approximate surface area is 191 Å². The van der Waals surface area contributed by atoms with Crippen LogP contribution in [0.25, 0.3) is 0 Å². The van der Waals surface area contributed by atoms with Gasteiger partial charge in [0.15, 0.2) is 5.60 Å². The quantitative estimate of drug-likeness (QED) is 0.266. The van der Waals surface area contributed by atoms with Crippen molar-refractivity contribution >= 4 is 46.1 Å². The van der Waals surface area contributed by atoms with Crippen LogP contribution in [0.5, 0.6) is 5.75 Å². The van der Waals surface area contributed by atoms with Crippen molar-refractivity contribution in [3.8, 4) is 5.75 Å². The third kappa shape index (κ3) is 5.08. The van der Waals surface area contributed by atoms with E-state index in [9.17, 15) is 25.1 Å². The van der Waals surface area contributed by atoms with E-state index in [0.29, 0.717) is 11.1 Å². The minimum Gasteiger partial charge on any atom is -0.506 e. The predicted molar refractivity (Wildman–Crippen MR) is 121 cm³/mol. The molecule has 8 nitrogen and oxygen atoms in total. The number of carbonyl (C=O) groups is 1. The zero-order valence-electron chi connectivity index (χ0n) is 15.8. The van der Waals surface area contributed by atoms with Crippen LogP contribution in [0.4, 0.5) is 5.69 Å². The molecule has 0 radical (unpaired) electrons. The summed E-state index contributed by atoms with van der Waals surface area (Å²) in [6.07, 6.45) is 1.06. The molecule has 3 rings (SSSR count). The molecule has 0 saturated carbocycles. The highest BCUT2D eigenvalue weighted by Gasteiger charge is 2.39. The Hall–Kier alpha value is -3.27. The third-order valence-electron chi connectivity index (χ3n) is 4.37. The van der Waals surface area contributed by atoms with Crippen molar-refractivity contribution in [1.82, 2.24) is 5.43 Å². The van der Waals surface area contributed by atoms with Crippen LogP contribution in [-0.4, -0.2) is 27.3 Å². The number of nitro groups is 1. The number of halogens is 2. The fraction of sp³-hybridized carbons (Fsp3) is 0.0476. The monoisotopic (exact) mass is 505 g/mol. The average Bonchev–Trinajstić information content (AvgIpc) is 2.76. The van der Waals surface area contributed by atoms with Crippen LogP contribution in [0.3, 0.4) is 0 Å². The minimum absolute atomic E-state index is 0. The lowest BCUT2D eigenvalue weighted by atomic mass is 9.85. The number of hydrogen-bond donors (Lipinski definition) is 3. The van der Waals surface area contributed by atoms with Crippen molar-refractivity contribution in [2.45, 2.75) is 5.60 Å². The maximum Gasteiger partial charge on any atom is 0.281 e. The molecule has 0 heterocycles. The molecule has 0 unspecified atom stereocenters. The van der Waals surface area contributed by atoms with Gasteiger partial charge in [-0.2, -0.15) is 5.10 Å². The summed E-state index contributed by atoms with van der Waals surface area (Å²) >= 11 is 3.04. The standard InChI is InChI=1S/C21H16BrN3O5.ClH/c22-18-12-17(25(29)30)11-14(19(18)26)13-23-24-20(27)21(28,15-7-3-1-4-8-15)16-9-5-2-6-10-16;/h1-13,26,28H,(H,24,27);1H/b23-13+;. The molecule has 0 bridgehead atoms. The second-order valence-corrected chi connectivity index (χ2v) is 7.12.